The van der Waals surface area contributed by atoms with Crippen molar-refractivity contribution in [2.45, 2.75) is 103 Å². The van der Waals surface area contributed by atoms with Crippen LogP contribution in [0.2, 0.25) is 0 Å². The van der Waals surface area contributed by atoms with E-state index in [1.54, 1.807) is 0 Å². The second kappa shape index (κ2) is 12.6. The minimum Gasteiger partial charge on any atom is -0.377 e. The van der Waals surface area contributed by atoms with Crippen LogP contribution in [0.1, 0.15) is 90.9 Å². The van der Waals surface area contributed by atoms with Crippen molar-refractivity contribution in [3.05, 3.63) is 0 Å². The SMILES string of the molecule is CCCCCCCCCCC(NCCC)C1CCCO1. The van der Waals surface area contributed by atoms with Crippen LogP contribution in [0, 0.1) is 0 Å². The normalized spacial score (nSPS) is 20.4. The van der Waals surface area contributed by atoms with Crippen molar-refractivity contribution >= 4 is 0 Å². The monoisotopic (exact) mass is 283 g/mol. The van der Waals surface area contributed by atoms with Gasteiger partial charge in [0.05, 0.1) is 6.10 Å². The summed E-state index contributed by atoms with van der Waals surface area (Å²) in [5.41, 5.74) is 0. The summed E-state index contributed by atoms with van der Waals surface area (Å²) in [4.78, 5) is 0. The van der Waals surface area contributed by atoms with E-state index in [9.17, 15) is 0 Å². The van der Waals surface area contributed by atoms with Gasteiger partial charge in [-0.1, -0.05) is 65.2 Å². The van der Waals surface area contributed by atoms with Crippen molar-refractivity contribution in [2.24, 2.45) is 0 Å². The smallest absolute Gasteiger partial charge is 0.0728 e. The topological polar surface area (TPSA) is 21.3 Å². The Morgan fingerprint density at radius 2 is 1.65 bits per heavy atom. The molecule has 1 rings (SSSR count). The summed E-state index contributed by atoms with van der Waals surface area (Å²) in [5, 5.41) is 3.71. The zero-order valence-electron chi connectivity index (χ0n) is 14.0. The highest BCUT2D eigenvalue weighted by Crippen LogP contribution is 2.20. The van der Waals surface area contributed by atoms with Crippen LogP contribution in [0.4, 0.5) is 0 Å². The molecule has 120 valence electrons. The molecule has 2 unspecified atom stereocenters. The summed E-state index contributed by atoms with van der Waals surface area (Å²) in [6, 6.07) is 0.609. The Morgan fingerprint density at radius 1 is 0.950 bits per heavy atom. The van der Waals surface area contributed by atoms with Gasteiger partial charge in [0.15, 0.2) is 0 Å². The number of unbranched alkanes of at least 4 members (excludes halogenated alkanes) is 7. The molecule has 0 aromatic heterocycles. The number of hydrogen-bond acceptors (Lipinski definition) is 2. The van der Waals surface area contributed by atoms with Crippen LogP contribution < -0.4 is 5.32 Å². The zero-order chi connectivity index (χ0) is 14.5. The minimum atomic E-state index is 0.492. The highest BCUT2D eigenvalue weighted by molar-refractivity contribution is 4.80. The van der Waals surface area contributed by atoms with Gasteiger partial charge >= 0.3 is 0 Å². The molecule has 0 aromatic rings. The van der Waals surface area contributed by atoms with E-state index < -0.39 is 0 Å². The maximum absolute atomic E-state index is 5.87. The molecule has 2 heteroatoms. The molecule has 0 spiro atoms. The Bertz CT molecular complexity index is 202. The van der Waals surface area contributed by atoms with E-state index in [1.807, 2.05) is 0 Å². The number of ether oxygens (including phenoxy) is 1. The second-order valence-electron chi connectivity index (χ2n) is 6.38. The maximum Gasteiger partial charge on any atom is 0.0728 e. The largest absolute Gasteiger partial charge is 0.377 e. The molecular weight excluding hydrogens is 246 g/mol. The Morgan fingerprint density at radius 3 is 2.25 bits per heavy atom. The number of rotatable bonds is 13. The fraction of sp³-hybridized carbons (Fsp3) is 1.00. The predicted molar refractivity (Wildman–Crippen MR) is 88.3 cm³/mol. The molecule has 0 amide bonds. The first-order chi connectivity index (χ1) is 9.88. The summed E-state index contributed by atoms with van der Waals surface area (Å²) in [7, 11) is 0. The van der Waals surface area contributed by atoms with Crippen molar-refractivity contribution in [1.82, 2.24) is 5.32 Å². The van der Waals surface area contributed by atoms with Crippen molar-refractivity contribution in [3.8, 4) is 0 Å². The Balaban J connectivity index is 2.02. The minimum absolute atomic E-state index is 0.492. The van der Waals surface area contributed by atoms with E-state index in [4.69, 9.17) is 4.74 Å². The quantitative estimate of drug-likeness (QED) is 0.477. The van der Waals surface area contributed by atoms with E-state index >= 15 is 0 Å². The fourth-order valence-corrected chi connectivity index (χ4v) is 3.17. The van der Waals surface area contributed by atoms with Crippen LogP contribution in [-0.2, 0) is 4.74 Å². The van der Waals surface area contributed by atoms with Gasteiger partial charge in [0.1, 0.15) is 0 Å². The van der Waals surface area contributed by atoms with Gasteiger partial charge in [-0.15, -0.1) is 0 Å². The first-order valence-electron chi connectivity index (χ1n) is 9.23. The zero-order valence-corrected chi connectivity index (χ0v) is 14.0. The van der Waals surface area contributed by atoms with Gasteiger partial charge in [0.2, 0.25) is 0 Å². The van der Waals surface area contributed by atoms with Crippen LogP contribution in [0.15, 0.2) is 0 Å². The summed E-state index contributed by atoms with van der Waals surface area (Å²) in [6.45, 7) is 6.65. The van der Waals surface area contributed by atoms with E-state index in [1.165, 1.54) is 77.0 Å². The van der Waals surface area contributed by atoms with Crippen LogP contribution in [0.25, 0.3) is 0 Å². The van der Waals surface area contributed by atoms with Crippen LogP contribution in [0.5, 0.6) is 0 Å². The van der Waals surface area contributed by atoms with Gasteiger partial charge < -0.3 is 10.1 Å². The Hall–Kier alpha value is -0.0800. The van der Waals surface area contributed by atoms with Crippen LogP contribution in [-0.4, -0.2) is 25.3 Å². The predicted octanol–water partition coefficient (Wildman–Crippen LogP) is 5.06. The first-order valence-corrected chi connectivity index (χ1v) is 9.23. The standard InChI is InChI=1S/C18H37NO/c1-3-5-6-7-8-9-10-11-13-17(19-15-4-2)18-14-12-16-20-18/h17-19H,3-16H2,1-2H3. The Labute approximate surface area is 127 Å². The number of hydrogen-bond donors (Lipinski definition) is 1. The maximum atomic E-state index is 5.87. The molecule has 2 nitrogen and oxygen atoms in total. The summed E-state index contributed by atoms with van der Waals surface area (Å²) >= 11 is 0. The third-order valence-electron chi connectivity index (χ3n) is 4.44. The molecule has 1 aliphatic heterocycles. The highest BCUT2D eigenvalue weighted by atomic mass is 16.5. The highest BCUT2D eigenvalue weighted by Gasteiger charge is 2.24. The molecule has 1 aliphatic rings. The van der Waals surface area contributed by atoms with E-state index in [0.717, 1.165) is 13.2 Å². The van der Waals surface area contributed by atoms with Gasteiger partial charge in [-0.2, -0.15) is 0 Å². The van der Waals surface area contributed by atoms with E-state index in [0.29, 0.717) is 12.1 Å². The Kier molecular flexibility index (Phi) is 11.4. The average Bonchev–Trinajstić information content (AvgIpc) is 2.99. The molecule has 1 N–H and O–H groups in total. The van der Waals surface area contributed by atoms with Gasteiger partial charge in [-0.25, -0.2) is 0 Å². The van der Waals surface area contributed by atoms with Crippen molar-refractivity contribution in [1.29, 1.82) is 0 Å². The average molecular weight is 284 g/mol. The van der Waals surface area contributed by atoms with Gasteiger partial charge in [-0.05, 0) is 32.2 Å². The molecular formula is C18H37NO. The number of nitrogens with one attached hydrogen (secondary N) is 1. The van der Waals surface area contributed by atoms with Crippen molar-refractivity contribution in [3.63, 3.8) is 0 Å². The summed E-state index contributed by atoms with van der Waals surface area (Å²) in [5.74, 6) is 0. The molecule has 0 radical (unpaired) electrons. The third kappa shape index (κ3) is 8.26. The lowest BCUT2D eigenvalue weighted by Crippen LogP contribution is -2.39. The second-order valence-corrected chi connectivity index (χ2v) is 6.38. The van der Waals surface area contributed by atoms with Gasteiger partial charge in [0.25, 0.3) is 0 Å². The molecule has 0 bridgehead atoms. The molecule has 2 atom stereocenters. The van der Waals surface area contributed by atoms with Gasteiger partial charge in [-0.3, -0.25) is 0 Å². The lowest BCUT2D eigenvalue weighted by Gasteiger charge is -2.24. The molecule has 0 aliphatic carbocycles. The van der Waals surface area contributed by atoms with Crippen LogP contribution >= 0.6 is 0 Å². The van der Waals surface area contributed by atoms with E-state index in [2.05, 4.69) is 19.2 Å². The first kappa shape index (κ1) is 18.0. The van der Waals surface area contributed by atoms with Crippen LogP contribution in [0.3, 0.4) is 0 Å². The molecule has 1 saturated heterocycles. The summed E-state index contributed by atoms with van der Waals surface area (Å²) < 4.78 is 5.87. The lowest BCUT2D eigenvalue weighted by molar-refractivity contribution is 0.0747. The fourth-order valence-electron chi connectivity index (χ4n) is 3.17. The molecule has 1 fully saturated rings. The van der Waals surface area contributed by atoms with E-state index in [-0.39, 0.29) is 0 Å². The molecule has 0 saturated carbocycles. The van der Waals surface area contributed by atoms with Crippen molar-refractivity contribution in [2.75, 3.05) is 13.2 Å². The summed E-state index contributed by atoms with van der Waals surface area (Å²) in [6.07, 6.45) is 16.8. The third-order valence-corrected chi connectivity index (χ3v) is 4.44. The molecule has 20 heavy (non-hydrogen) atoms. The lowest BCUT2D eigenvalue weighted by atomic mass is 9.99. The molecule has 0 aromatic carbocycles. The van der Waals surface area contributed by atoms with Crippen molar-refractivity contribution < 1.29 is 4.74 Å². The molecule has 1 heterocycles. The van der Waals surface area contributed by atoms with Gasteiger partial charge in [0, 0.05) is 12.6 Å².